The topological polar surface area (TPSA) is 24.5 Å². The van der Waals surface area contributed by atoms with E-state index in [1.165, 1.54) is 37.9 Å². The van der Waals surface area contributed by atoms with Crippen molar-refractivity contribution in [3.05, 3.63) is 29.8 Å². The molecular weight excluding hydrogens is 272 g/mol. The molecule has 0 radical (unpaired) electrons. The molecule has 0 saturated carbocycles. The van der Waals surface area contributed by atoms with Crippen molar-refractivity contribution in [1.29, 1.82) is 0 Å². The number of unbranched alkanes of at least 4 members (excludes halogenated alkanes) is 1. The highest BCUT2D eigenvalue weighted by atomic mass is 16.5. The number of piperidine rings is 1. The summed E-state index contributed by atoms with van der Waals surface area (Å²) in [7, 11) is 0. The Bertz CT molecular complexity index is 422. The molecule has 1 saturated heterocycles. The van der Waals surface area contributed by atoms with Crippen LogP contribution in [-0.2, 0) is 6.54 Å². The fraction of sp³-hybridized carbons (Fsp3) is 0.684. The van der Waals surface area contributed by atoms with Crippen LogP contribution in [0.4, 0.5) is 0 Å². The van der Waals surface area contributed by atoms with Gasteiger partial charge < -0.3 is 10.1 Å². The summed E-state index contributed by atoms with van der Waals surface area (Å²) in [6, 6.07) is 8.63. The molecule has 3 nitrogen and oxygen atoms in total. The zero-order valence-electron chi connectivity index (χ0n) is 14.3. The minimum atomic E-state index is 0.803. The molecule has 0 aliphatic carbocycles. The van der Waals surface area contributed by atoms with Gasteiger partial charge in [0.05, 0.1) is 6.61 Å². The van der Waals surface area contributed by atoms with Crippen LogP contribution < -0.4 is 10.1 Å². The third kappa shape index (κ3) is 5.98. The average molecular weight is 304 g/mol. The molecule has 2 rings (SSSR count). The van der Waals surface area contributed by atoms with Gasteiger partial charge in [0.15, 0.2) is 0 Å². The van der Waals surface area contributed by atoms with E-state index in [1.807, 2.05) is 0 Å². The van der Waals surface area contributed by atoms with Gasteiger partial charge in [0, 0.05) is 13.1 Å². The lowest BCUT2D eigenvalue weighted by atomic mass is 9.97. The maximum atomic E-state index is 5.82. The van der Waals surface area contributed by atoms with Crippen molar-refractivity contribution in [3.8, 4) is 5.75 Å². The normalized spacial score (nSPS) is 19.3. The summed E-state index contributed by atoms with van der Waals surface area (Å²) < 4.78 is 5.82. The first-order valence-corrected chi connectivity index (χ1v) is 8.96. The van der Waals surface area contributed by atoms with E-state index in [0.29, 0.717) is 0 Å². The third-order valence-corrected chi connectivity index (χ3v) is 4.36. The van der Waals surface area contributed by atoms with Crippen LogP contribution in [0.5, 0.6) is 5.75 Å². The second-order valence-electron chi connectivity index (χ2n) is 6.40. The molecule has 1 aliphatic rings. The van der Waals surface area contributed by atoms with Crippen LogP contribution in [0, 0.1) is 5.92 Å². The lowest BCUT2D eigenvalue weighted by Gasteiger charge is -2.33. The predicted octanol–water partition coefficient (Wildman–Crippen LogP) is 3.69. The molecule has 3 heteroatoms. The fourth-order valence-corrected chi connectivity index (χ4v) is 3.14. The van der Waals surface area contributed by atoms with Gasteiger partial charge in [-0.1, -0.05) is 32.4 Å². The third-order valence-electron chi connectivity index (χ3n) is 4.36. The smallest absolute Gasteiger partial charge is 0.119 e. The molecule has 124 valence electrons. The number of rotatable bonds is 9. The monoisotopic (exact) mass is 304 g/mol. The number of nitrogens with one attached hydrogen (secondary N) is 1. The molecule has 1 atom stereocenters. The Morgan fingerprint density at radius 3 is 3.05 bits per heavy atom. The zero-order valence-corrected chi connectivity index (χ0v) is 14.3. The Morgan fingerprint density at radius 2 is 2.23 bits per heavy atom. The number of nitrogens with zero attached hydrogens (tertiary/aromatic N) is 1. The summed E-state index contributed by atoms with van der Waals surface area (Å²) >= 11 is 0. The van der Waals surface area contributed by atoms with Crippen LogP contribution in [0.2, 0.25) is 0 Å². The molecular formula is C19H32N2O. The summed E-state index contributed by atoms with van der Waals surface area (Å²) in [4.78, 5) is 2.59. The van der Waals surface area contributed by atoms with Crippen LogP contribution >= 0.6 is 0 Å². The van der Waals surface area contributed by atoms with Gasteiger partial charge in [0.2, 0.25) is 0 Å². The van der Waals surface area contributed by atoms with E-state index in [-0.39, 0.29) is 0 Å². The van der Waals surface area contributed by atoms with Gasteiger partial charge >= 0.3 is 0 Å². The van der Waals surface area contributed by atoms with Crippen molar-refractivity contribution in [2.24, 2.45) is 5.92 Å². The van der Waals surface area contributed by atoms with Crippen LogP contribution in [0.1, 0.15) is 45.1 Å². The van der Waals surface area contributed by atoms with Gasteiger partial charge in [0.25, 0.3) is 0 Å². The lowest BCUT2D eigenvalue weighted by molar-refractivity contribution is 0.165. The highest BCUT2D eigenvalue weighted by molar-refractivity contribution is 5.28. The van der Waals surface area contributed by atoms with E-state index >= 15 is 0 Å². The van der Waals surface area contributed by atoms with Crippen molar-refractivity contribution >= 4 is 0 Å². The highest BCUT2D eigenvalue weighted by Crippen LogP contribution is 2.20. The summed E-state index contributed by atoms with van der Waals surface area (Å²) in [6.07, 6.45) is 5.00. The Hall–Kier alpha value is -1.06. The Balaban J connectivity index is 1.83. The quantitative estimate of drug-likeness (QED) is 0.704. The minimum absolute atomic E-state index is 0.803. The van der Waals surface area contributed by atoms with Gasteiger partial charge in [-0.3, -0.25) is 4.90 Å². The van der Waals surface area contributed by atoms with Gasteiger partial charge in [-0.05, 0) is 62.5 Å². The summed E-state index contributed by atoms with van der Waals surface area (Å²) in [5.41, 5.74) is 1.37. The van der Waals surface area contributed by atoms with Crippen LogP contribution in [0.15, 0.2) is 24.3 Å². The van der Waals surface area contributed by atoms with Gasteiger partial charge in [-0.2, -0.15) is 0 Å². The first-order valence-electron chi connectivity index (χ1n) is 8.96. The molecule has 1 aromatic rings. The molecule has 1 aromatic carbocycles. The summed E-state index contributed by atoms with van der Waals surface area (Å²) in [6.45, 7) is 10.9. The predicted molar refractivity (Wildman–Crippen MR) is 93.4 cm³/mol. The first kappa shape index (κ1) is 17.3. The van der Waals surface area contributed by atoms with E-state index in [2.05, 4.69) is 48.3 Å². The number of hydrogen-bond donors (Lipinski definition) is 1. The van der Waals surface area contributed by atoms with Gasteiger partial charge in [-0.15, -0.1) is 0 Å². The van der Waals surface area contributed by atoms with E-state index in [0.717, 1.165) is 44.3 Å². The Labute approximate surface area is 136 Å². The first-order chi connectivity index (χ1) is 10.8. The Kier molecular flexibility index (Phi) is 7.75. The second-order valence-corrected chi connectivity index (χ2v) is 6.40. The average Bonchev–Trinajstić information content (AvgIpc) is 2.54. The maximum Gasteiger partial charge on any atom is 0.119 e. The molecule has 1 aliphatic heterocycles. The lowest BCUT2D eigenvalue weighted by Crippen LogP contribution is -2.39. The standard InChI is InChI=1S/C19H32N2O/c1-3-5-12-22-19-10-6-8-17(13-19)15-21-11-7-9-18(16-21)14-20-4-2/h6,8,10,13,18,20H,3-5,7,9,11-12,14-16H2,1-2H3. The van der Waals surface area contributed by atoms with Crippen LogP contribution in [0.3, 0.4) is 0 Å². The van der Waals surface area contributed by atoms with Crippen molar-refractivity contribution < 1.29 is 4.74 Å². The van der Waals surface area contributed by atoms with Crippen molar-refractivity contribution in [2.45, 2.75) is 46.1 Å². The molecule has 22 heavy (non-hydrogen) atoms. The fourth-order valence-electron chi connectivity index (χ4n) is 3.14. The molecule has 1 unspecified atom stereocenters. The van der Waals surface area contributed by atoms with Crippen molar-refractivity contribution in [3.63, 3.8) is 0 Å². The molecule has 0 aromatic heterocycles. The summed E-state index contributed by atoms with van der Waals surface area (Å²) in [5.74, 6) is 1.82. The largest absolute Gasteiger partial charge is 0.494 e. The molecule has 0 spiro atoms. The van der Waals surface area contributed by atoms with E-state index in [4.69, 9.17) is 4.74 Å². The molecule has 0 bridgehead atoms. The number of hydrogen-bond acceptors (Lipinski definition) is 3. The number of likely N-dealkylation sites (tertiary alicyclic amines) is 1. The number of ether oxygens (including phenoxy) is 1. The van der Waals surface area contributed by atoms with Gasteiger partial charge in [0.1, 0.15) is 5.75 Å². The van der Waals surface area contributed by atoms with Crippen molar-refractivity contribution in [1.82, 2.24) is 10.2 Å². The molecule has 0 amide bonds. The van der Waals surface area contributed by atoms with E-state index in [1.54, 1.807) is 0 Å². The van der Waals surface area contributed by atoms with Crippen LogP contribution in [0.25, 0.3) is 0 Å². The molecule has 1 N–H and O–H groups in total. The zero-order chi connectivity index (χ0) is 15.6. The van der Waals surface area contributed by atoms with E-state index in [9.17, 15) is 0 Å². The second kappa shape index (κ2) is 9.86. The maximum absolute atomic E-state index is 5.82. The van der Waals surface area contributed by atoms with E-state index < -0.39 is 0 Å². The number of benzene rings is 1. The van der Waals surface area contributed by atoms with Crippen LogP contribution in [-0.4, -0.2) is 37.7 Å². The molecule has 1 heterocycles. The minimum Gasteiger partial charge on any atom is -0.494 e. The highest BCUT2D eigenvalue weighted by Gasteiger charge is 2.19. The molecule has 1 fully saturated rings. The SMILES string of the molecule is CCCCOc1cccc(CN2CCCC(CNCC)C2)c1. The van der Waals surface area contributed by atoms with Gasteiger partial charge in [-0.25, -0.2) is 0 Å². The summed E-state index contributed by atoms with van der Waals surface area (Å²) in [5, 5.41) is 3.49. The Morgan fingerprint density at radius 1 is 1.32 bits per heavy atom. The van der Waals surface area contributed by atoms with Crippen molar-refractivity contribution in [2.75, 3.05) is 32.8 Å².